The van der Waals surface area contributed by atoms with Crippen molar-refractivity contribution in [3.63, 3.8) is 0 Å². The van der Waals surface area contributed by atoms with Crippen molar-refractivity contribution in [2.24, 2.45) is 0 Å². The Balaban J connectivity index is 2.49. The highest BCUT2D eigenvalue weighted by molar-refractivity contribution is 6.17. The average Bonchev–Trinajstić information content (AvgIpc) is 2.39. The molecule has 0 atom stereocenters. The third-order valence-corrected chi connectivity index (χ3v) is 3.59. The van der Waals surface area contributed by atoms with Crippen molar-refractivity contribution >= 4 is 11.6 Å². The lowest BCUT2D eigenvalue weighted by Gasteiger charge is -2.13. The Labute approximate surface area is 118 Å². The highest BCUT2D eigenvalue weighted by Crippen LogP contribution is 2.18. The summed E-state index contributed by atoms with van der Waals surface area (Å²) in [4.78, 5) is 11.7. The Hall–Kier alpha value is -1.54. The van der Waals surface area contributed by atoms with Gasteiger partial charge in [0.05, 0.1) is 5.88 Å². The van der Waals surface area contributed by atoms with Crippen LogP contribution < -0.4 is 5.43 Å². The van der Waals surface area contributed by atoms with Crippen LogP contribution in [0.5, 0.6) is 0 Å². The number of hydrogen-bond donors (Lipinski definition) is 0. The van der Waals surface area contributed by atoms with E-state index in [-0.39, 0.29) is 11.3 Å². The van der Waals surface area contributed by atoms with E-state index in [1.165, 1.54) is 5.56 Å². The van der Waals surface area contributed by atoms with Gasteiger partial charge in [-0.05, 0) is 30.5 Å². The van der Waals surface area contributed by atoms with Crippen LogP contribution in [0.15, 0.2) is 41.3 Å². The van der Waals surface area contributed by atoms with Gasteiger partial charge in [0, 0.05) is 29.2 Å². The van der Waals surface area contributed by atoms with E-state index in [1.54, 1.807) is 6.07 Å². The largest absolute Gasteiger partial charge is 0.321 e. The maximum absolute atomic E-state index is 11.7. The first-order chi connectivity index (χ1) is 9.02. The molecule has 0 spiro atoms. The molecule has 0 radical (unpaired) electrons. The molecule has 3 heteroatoms. The third kappa shape index (κ3) is 2.90. The van der Waals surface area contributed by atoms with Gasteiger partial charge in [-0.3, -0.25) is 4.79 Å². The Morgan fingerprint density at radius 1 is 1.21 bits per heavy atom. The molecular weight excluding hydrogens is 258 g/mol. The fourth-order valence-electron chi connectivity index (χ4n) is 2.07. The van der Waals surface area contributed by atoms with Gasteiger partial charge in [-0.15, -0.1) is 11.6 Å². The van der Waals surface area contributed by atoms with Crippen LogP contribution in [0.3, 0.4) is 0 Å². The number of nitrogens with zero attached hydrogens (tertiary/aromatic N) is 1. The fraction of sp³-hybridized carbons (Fsp3) is 0.312. The molecular formula is C16H18ClNO. The predicted octanol–water partition coefficient (Wildman–Crippen LogP) is 4.01. The molecule has 0 saturated carbocycles. The number of aryl methyl sites for hydroxylation is 1. The molecule has 2 nitrogen and oxygen atoms in total. The van der Waals surface area contributed by atoms with E-state index in [0.717, 1.165) is 11.4 Å². The molecule has 0 aliphatic carbocycles. The Bertz CT molecular complexity index is 626. The van der Waals surface area contributed by atoms with E-state index in [0.29, 0.717) is 11.5 Å². The van der Waals surface area contributed by atoms with Gasteiger partial charge in [0.1, 0.15) is 0 Å². The normalized spacial score (nSPS) is 11.0. The predicted molar refractivity (Wildman–Crippen MR) is 80.4 cm³/mol. The first-order valence-corrected chi connectivity index (χ1v) is 6.95. The first kappa shape index (κ1) is 13.9. The third-order valence-electron chi connectivity index (χ3n) is 3.30. The van der Waals surface area contributed by atoms with Crippen LogP contribution in [0.25, 0.3) is 5.69 Å². The number of aromatic nitrogens is 1. The quantitative estimate of drug-likeness (QED) is 0.776. The summed E-state index contributed by atoms with van der Waals surface area (Å²) in [6.07, 6.45) is 1.83. The number of alkyl halides is 1. The van der Waals surface area contributed by atoms with Gasteiger partial charge in [-0.25, -0.2) is 0 Å². The molecule has 0 aliphatic heterocycles. The van der Waals surface area contributed by atoms with Gasteiger partial charge in [0.25, 0.3) is 0 Å². The molecule has 1 aromatic heterocycles. The maximum Gasteiger partial charge on any atom is 0.186 e. The van der Waals surface area contributed by atoms with Crippen LogP contribution >= 0.6 is 11.6 Å². The average molecular weight is 276 g/mol. The molecule has 0 bridgehead atoms. The summed E-state index contributed by atoms with van der Waals surface area (Å²) in [7, 11) is 0. The summed E-state index contributed by atoms with van der Waals surface area (Å²) in [5.41, 5.74) is 3.90. The lowest BCUT2D eigenvalue weighted by Crippen LogP contribution is -2.13. The van der Waals surface area contributed by atoms with Crippen LogP contribution in [0.1, 0.15) is 36.6 Å². The van der Waals surface area contributed by atoms with Crippen LogP contribution in [0.4, 0.5) is 0 Å². The van der Waals surface area contributed by atoms with Crippen molar-refractivity contribution in [2.75, 3.05) is 0 Å². The molecule has 19 heavy (non-hydrogen) atoms. The molecule has 100 valence electrons. The van der Waals surface area contributed by atoms with Crippen LogP contribution in [0.2, 0.25) is 0 Å². The number of benzene rings is 1. The second-order valence-corrected chi connectivity index (χ2v) is 5.32. The zero-order valence-electron chi connectivity index (χ0n) is 11.5. The molecule has 0 unspecified atom stereocenters. The zero-order valence-corrected chi connectivity index (χ0v) is 12.2. The van der Waals surface area contributed by atoms with E-state index < -0.39 is 0 Å². The molecule has 2 aromatic rings. The summed E-state index contributed by atoms with van der Waals surface area (Å²) in [6.45, 7) is 6.27. The second-order valence-electron chi connectivity index (χ2n) is 5.05. The van der Waals surface area contributed by atoms with Gasteiger partial charge >= 0.3 is 0 Å². The highest BCUT2D eigenvalue weighted by Gasteiger charge is 2.05. The standard InChI is InChI=1S/C16H18ClNO/c1-11(2)13-4-6-15(7-5-13)18-10-14(9-17)16(19)8-12(18)3/h4-8,10-11H,9H2,1-3H3. The summed E-state index contributed by atoms with van der Waals surface area (Å²) in [5, 5.41) is 0. The smallest absolute Gasteiger partial charge is 0.186 e. The number of halogens is 1. The molecule has 0 fully saturated rings. The Morgan fingerprint density at radius 2 is 1.84 bits per heavy atom. The van der Waals surface area contributed by atoms with Crippen molar-refractivity contribution < 1.29 is 0 Å². The monoisotopic (exact) mass is 275 g/mol. The molecule has 0 amide bonds. The highest BCUT2D eigenvalue weighted by atomic mass is 35.5. The SMILES string of the molecule is Cc1cc(=O)c(CCl)cn1-c1ccc(C(C)C)cc1. The minimum absolute atomic E-state index is 0.00236. The lowest BCUT2D eigenvalue weighted by molar-refractivity contribution is 0.863. The Morgan fingerprint density at radius 3 is 2.37 bits per heavy atom. The Kier molecular flexibility index (Phi) is 4.11. The first-order valence-electron chi connectivity index (χ1n) is 6.41. The van der Waals surface area contributed by atoms with Crippen LogP contribution in [-0.4, -0.2) is 4.57 Å². The van der Waals surface area contributed by atoms with E-state index in [9.17, 15) is 4.79 Å². The van der Waals surface area contributed by atoms with Crippen molar-refractivity contribution in [1.29, 1.82) is 0 Å². The van der Waals surface area contributed by atoms with E-state index in [2.05, 4.69) is 38.1 Å². The molecule has 2 rings (SSSR count). The molecule has 1 heterocycles. The maximum atomic E-state index is 11.7. The topological polar surface area (TPSA) is 22.0 Å². The van der Waals surface area contributed by atoms with Crippen molar-refractivity contribution in [3.8, 4) is 5.69 Å². The van der Waals surface area contributed by atoms with Crippen LogP contribution in [-0.2, 0) is 5.88 Å². The van der Waals surface area contributed by atoms with Gasteiger partial charge in [-0.2, -0.15) is 0 Å². The number of rotatable bonds is 3. The van der Waals surface area contributed by atoms with Gasteiger partial charge in [0.2, 0.25) is 0 Å². The minimum atomic E-state index is 0.00236. The lowest BCUT2D eigenvalue weighted by atomic mass is 10.0. The van der Waals surface area contributed by atoms with Crippen molar-refractivity contribution in [3.05, 3.63) is 63.6 Å². The minimum Gasteiger partial charge on any atom is -0.321 e. The summed E-state index contributed by atoms with van der Waals surface area (Å²) in [5.74, 6) is 0.756. The number of hydrogen-bond acceptors (Lipinski definition) is 1. The van der Waals surface area contributed by atoms with Crippen LogP contribution in [0, 0.1) is 6.92 Å². The van der Waals surface area contributed by atoms with E-state index in [1.807, 2.05) is 17.7 Å². The summed E-state index contributed by atoms with van der Waals surface area (Å²) in [6, 6.07) is 10.0. The van der Waals surface area contributed by atoms with Crippen molar-refractivity contribution in [1.82, 2.24) is 4.57 Å². The molecule has 0 saturated heterocycles. The molecule has 0 N–H and O–H groups in total. The molecule has 1 aromatic carbocycles. The van der Waals surface area contributed by atoms with E-state index in [4.69, 9.17) is 11.6 Å². The summed E-state index contributed by atoms with van der Waals surface area (Å²) < 4.78 is 2.00. The fourth-order valence-corrected chi connectivity index (χ4v) is 2.27. The molecule has 0 aliphatic rings. The van der Waals surface area contributed by atoms with Gasteiger partial charge in [0.15, 0.2) is 5.43 Å². The van der Waals surface area contributed by atoms with Gasteiger partial charge in [-0.1, -0.05) is 26.0 Å². The number of pyridine rings is 1. The van der Waals surface area contributed by atoms with E-state index >= 15 is 0 Å². The van der Waals surface area contributed by atoms with Crippen molar-refractivity contribution in [2.45, 2.75) is 32.6 Å². The second kappa shape index (κ2) is 5.62. The van der Waals surface area contributed by atoms with Gasteiger partial charge < -0.3 is 4.57 Å². The summed E-state index contributed by atoms with van der Waals surface area (Å²) >= 11 is 5.80. The zero-order chi connectivity index (χ0) is 14.0.